The van der Waals surface area contributed by atoms with Gasteiger partial charge in [0.05, 0.1) is 4.90 Å². The van der Waals surface area contributed by atoms with Crippen LogP contribution in [0, 0.1) is 17.7 Å². The lowest BCUT2D eigenvalue weighted by Crippen LogP contribution is -2.42. The summed E-state index contributed by atoms with van der Waals surface area (Å²) in [4.78, 5) is 12.4. The van der Waals surface area contributed by atoms with Gasteiger partial charge in [0, 0.05) is 24.3 Å². The van der Waals surface area contributed by atoms with Crippen LogP contribution in [-0.4, -0.2) is 31.7 Å². The summed E-state index contributed by atoms with van der Waals surface area (Å²) in [5, 5.41) is 2.68. The third-order valence-corrected chi connectivity index (χ3v) is 6.54. The van der Waals surface area contributed by atoms with E-state index in [4.69, 9.17) is 0 Å². The van der Waals surface area contributed by atoms with Crippen LogP contribution in [-0.2, 0) is 10.0 Å². The highest BCUT2D eigenvalue weighted by Crippen LogP contribution is 2.27. The fourth-order valence-electron chi connectivity index (χ4n) is 3.47. The minimum Gasteiger partial charge on any atom is -0.322 e. The highest BCUT2D eigenvalue weighted by atomic mass is 32.2. The predicted octanol–water partition coefficient (Wildman–Crippen LogP) is 3.74. The lowest BCUT2D eigenvalue weighted by molar-refractivity contribution is 0.102. The molecule has 27 heavy (non-hydrogen) atoms. The van der Waals surface area contributed by atoms with Crippen LogP contribution in [0.2, 0.25) is 0 Å². The zero-order chi connectivity index (χ0) is 19.6. The van der Waals surface area contributed by atoms with Crippen LogP contribution < -0.4 is 5.32 Å². The van der Waals surface area contributed by atoms with Crippen molar-refractivity contribution in [2.24, 2.45) is 11.8 Å². The SMILES string of the molecule is C[C@H]1C[C@H](C)CN(S(=O)(=O)c2ccc(NC(=O)c3ccc(F)cc3)cc2)C1. The van der Waals surface area contributed by atoms with Crippen LogP contribution in [0.15, 0.2) is 53.4 Å². The molecule has 1 fully saturated rings. The van der Waals surface area contributed by atoms with Gasteiger partial charge in [-0.05, 0) is 66.8 Å². The van der Waals surface area contributed by atoms with E-state index in [1.54, 1.807) is 12.1 Å². The summed E-state index contributed by atoms with van der Waals surface area (Å²) in [5.41, 5.74) is 0.799. The number of hydrogen-bond acceptors (Lipinski definition) is 3. The first-order valence-electron chi connectivity index (χ1n) is 8.93. The van der Waals surface area contributed by atoms with Gasteiger partial charge in [-0.2, -0.15) is 4.31 Å². The first kappa shape index (κ1) is 19.5. The highest BCUT2D eigenvalue weighted by Gasteiger charge is 2.31. The average molecular weight is 390 g/mol. The summed E-state index contributed by atoms with van der Waals surface area (Å²) in [6.45, 7) is 5.17. The van der Waals surface area contributed by atoms with Gasteiger partial charge in [-0.25, -0.2) is 12.8 Å². The van der Waals surface area contributed by atoms with E-state index in [0.717, 1.165) is 6.42 Å². The van der Waals surface area contributed by atoms with Gasteiger partial charge in [-0.1, -0.05) is 13.8 Å². The average Bonchev–Trinajstić information content (AvgIpc) is 2.62. The highest BCUT2D eigenvalue weighted by molar-refractivity contribution is 7.89. The molecule has 0 aromatic heterocycles. The Morgan fingerprint density at radius 1 is 1.00 bits per heavy atom. The van der Waals surface area contributed by atoms with Crippen LogP contribution in [0.1, 0.15) is 30.6 Å². The van der Waals surface area contributed by atoms with Crippen molar-refractivity contribution >= 4 is 21.6 Å². The van der Waals surface area contributed by atoms with Gasteiger partial charge in [0.25, 0.3) is 5.91 Å². The Bertz CT molecular complexity index is 901. The molecule has 1 N–H and O–H groups in total. The number of piperidine rings is 1. The number of nitrogens with zero attached hydrogens (tertiary/aromatic N) is 1. The molecule has 0 saturated carbocycles. The molecule has 1 amide bonds. The van der Waals surface area contributed by atoms with Gasteiger partial charge in [0.1, 0.15) is 5.82 Å². The van der Waals surface area contributed by atoms with Crippen molar-refractivity contribution in [2.75, 3.05) is 18.4 Å². The lowest BCUT2D eigenvalue weighted by Gasteiger charge is -2.34. The van der Waals surface area contributed by atoms with Crippen LogP contribution in [0.25, 0.3) is 0 Å². The molecule has 0 radical (unpaired) electrons. The van der Waals surface area contributed by atoms with E-state index in [2.05, 4.69) is 19.2 Å². The Morgan fingerprint density at radius 3 is 2.11 bits per heavy atom. The standard InChI is InChI=1S/C20H23FN2O3S/c1-14-11-15(2)13-23(12-14)27(25,26)19-9-7-18(8-10-19)22-20(24)16-3-5-17(21)6-4-16/h3-10,14-15H,11-13H2,1-2H3,(H,22,24)/t14-,15-/m0/s1. The summed E-state index contributed by atoms with van der Waals surface area (Å²) in [6, 6.07) is 11.3. The molecule has 144 valence electrons. The van der Waals surface area contributed by atoms with Gasteiger partial charge >= 0.3 is 0 Å². The number of hydrogen-bond donors (Lipinski definition) is 1. The van der Waals surface area contributed by atoms with Crippen molar-refractivity contribution in [3.8, 4) is 0 Å². The van der Waals surface area contributed by atoms with E-state index in [9.17, 15) is 17.6 Å². The van der Waals surface area contributed by atoms with Crippen LogP contribution in [0.4, 0.5) is 10.1 Å². The Balaban J connectivity index is 1.72. The van der Waals surface area contributed by atoms with Crippen molar-refractivity contribution in [1.82, 2.24) is 4.31 Å². The first-order chi connectivity index (χ1) is 12.8. The third-order valence-electron chi connectivity index (χ3n) is 4.69. The van der Waals surface area contributed by atoms with E-state index in [-0.39, 0.29) is 10.8 Å². The molecular weight excluding hydrogens is 367 g/mol. The summed E-state index contributed by atoms with van der Waals surface area (Å²) >= 11 is 0. The van der Waals surface area contributed by atoms with E-state index < -0.39 is 15.8 Å². The Hall–Kier alpha value is -2.25. The molecule has 2 atom stereocenters. The van der Waals surface area contributed by atoms with E-state index in [1.165, 1.54) is 40.7 Å². The zero-order valence-corrected chi connectivity index (χ0v) is 16.2. The molecule has 1 heterocycles. The molecule has 7 heteroatoms. The molecule has 1 saturated heterocycles. The molecule has 0 bridgehead atoms. The minimum absolute atomic E-state index is 0.212. The van der Waals surface area contributed by atoms with Crippen molar-refractivity contribution < 1.29 is 17.6 Å². The Kier molecular flexibility index (Phi) is 5.62. The molecule has 1 aliphatic rings. The first-order valence-corrected chi connectivity index (χ1v) is 10.4. The zero-order valence-electron chi connectivity index (χ0n) is 15.4. The van der Waals surface area contributed by atoms with Gasteiger partial charge < -0.3 is 5.32 Å². The van der Waals surface area contributed by atoms with Crippen molar-refractivity contribution in [1.29, 1.82) is 0 Å². The van der Waals surface area contributed by atoms with Crippen LogP contribution in [0.5, 0.6) is 0 Å². The molecule has 0 spiro atoms. The Morgan fingerprint density at radius 2 is 1.56 bits per heavy atom. The van der Waals surface area contributed by atoms with E-state index in [1.807, 2.05) is 0 Å². The van der Waals surface area contributed by atoms with Gasteiger partial charge in [-0.15, -0.1) is 0 Å². The van der Waals surface area contributed by atoms with Crippen LogP contribution in [0.3, 0.4) is 0 Å². The molecule has 3 rings (SSSR count). The normalized spacial score (nSPS) is 21.0. The minimum atomic E-state index is -3.55. The van der Waals surface area contributed by atoms with Crippen molar-refractivity contribution in [2.45, 2.75) is 25.2 Å². The summed E-state index contributed by atoms with van der Waals surface area (Å²) in [5.74, 6) is -0.137. The number of anilines is 1. The topological polar surface area (TPSA) is 66.5 Å². The fraction of sp³-hybridized carbons (Fsp3) is 0.350. The molecule has 1 aliphatic heterocycles. The van der Waals surface area contributed by atoms with Gasteiger partial charge in [0.2, 0.25) is 10.0 Å². The summed E-state index contributed by atoms with van der Waals surface area (Å²) < 4.78 is 40.2. The lowest BCUT2D eigenvalue weighted by atomic mass is 9.94. The maximum atomic E-state index is 12.9. The predicted molar refractivity (Wildman–Crippen MR) is 102 cm³/mol. The molecule has 5 nitrogen and oxygen atoms in total. The fourth-order valence-corrected chi connectivity index (χ4v) is 5.15. The molecule has 0 unspecified atom stereocenters. The number of sulfonamides is 1. The van der Waals surface area contributed by atoms with Crippen molar-refractivity contribution in [3.05, 3.63) is 59.9 Å². The third kappa shape index (κ3) is 4.54. The van der Waals surface area contributed by atoms with Gasteiger partial charge in [-0.3, -0.25) is 4.79 Å². The van der Waals surface area contributed by atoms with E-state index in [0.29, 0.717) is 36.2 Å². The van der Waals surface area contributed by atoms with Crippen molar-refractivity contribution in [3.63, 3.8) is 0 Å². The quantitative estimate of drug-likeness (QED) is 0.865. The largest absolute Gasteiger partial charge is 0.322 e. The van der Waals surface area contributed by atoms with E-state index >= 15 is 0 Å². The number of carbonyl (C=O) groups excluding carboxylic acids is 1. The molecule has 2 aromatic rings. The number of nitrogens with one attached hydrogen (secondary N) is 1. The maximum Gasteiger partial charge on any atom is 0.255 e. The second kappa shape index (κ2) is 7.78. The number of rotatable bonds is 4. The molecule has 0 aliphatic carbocycles. The number of halogens is 1. The second-order valence-corrected chi connectivity index (χ2v) is 9.19. The maximum absolute atomic E-state index is 12.9. The Labute approximate surface area is 159 Å². The molecular formula is C20H23FN2O3S. The number of benzene rings is 2. The summed E-state index contributed by atoms with van der Waals surface area (Å²) in [7, 11) is -3.55. The molecule has 2 aromatic carbocycles. The van der Waals surface area contributed by atoms with Crippen LogP contribution >= 0.6 is 0 Å². The second-order valence-electron chi connectivity index (χ2n) is 7.25. The number of carbonyl (C=O) groups is 1. The van der Waals surface area contributed by atoms with Gasteiger partial charge in [0.15, 0.2) is 0 Å². The summed E-state index contributed by atoms with van der Waals surface area (Å²) in [6.07, 6.45) is 1.03. The monoisotopic (exact) mass is 390 g/mol. The number of amides is 1. The smallest absolute Gasteiger partial charge is 0.255 e.